The van der Waals surface area contributed by atoms with E-state index in [1.807, 2.05) is 0 Å². The third kappa shape index (κ3) is 5.21. The van der Waals surface area contributed by atoms with E-state index >= 15 is 0 Å². The molecule has 0 saturated carbocycles. The minimum absolute atomic E-state index is 0.0780. The number of ether oxygens (including phenoxy) is 2. The van der Waals surface area contributed by atoms with E-state index in [0.29, 0.717) is 18.0 Å². The molecule has 2 aromatic carbocycles. The maximum Gasteiger partial charge on any atom is 0.255 e. The SMILES string of the molecule is CCOc1ccc(C(=O)Nc2ccccc2OC)cc1S(=O)(=O)NC(C)C. The van der Waals surface area contributed by atoms with E-state index in [1.165, 1.54) is 25.3 Å². The van der Waals surface area contributed by atoms with Crippen LogP contribution in [0.3, 0.4) is 0 Å². The maximum absolute atomic E-state index is 12.6. The summed E-state index contributed by atoms with van der Waals surface area (Å²) >= 11 is 0. The summed E-state index contributed by atoms with van der Waals surface area (Å²) < 4.78 is 38.4. The number of hydrogen-bond donors (Lipinski definition) is 2. The molecule has 0 radical (unpaired) electrons. The van der Waals surface area contributed by atoms with Gasteiger partial charge in [-0.3, -0.25) is 4.79 Å². The van der Waals surface area contributed by atoms with Crippen LogP contribution < -0.4 is 19.5 Å². The van der Waals surface area contributed by atoms with Crippen molar-refractivity contribution in [3.05, 3.63) is 48.0 Å². The highest BCUT2D eigenvalue weighted by atomic mass is 32.2. The monoisotopic (exact) mass is 392 g/mol. The molecule has 146 valence electrons. The summed E-state index contributed by atoms with van der Waals surface area (Å²) in [4.78, 5) is 12.6. The van der Waals surface area contributed by atoms with Gasteiger partial charge in [-0.25, -0.2) is 13.1 Å². The van der Waals surface area contributed by atoms with Crippen LogP contribution in [0.15, 0.2) is 47.4 Å². The number of benzene rings is 2. The molecule has 0 aliphatic rings. The third-order valence-corrected chi connectivity index (χ3v) is 5.22. The third-order valence-electron chi connectivity index (χ3n) is 3.54. The first kappa shape index (κ1) is 20.7. The highest BCUT2D eigenvalue weighted by Crippen LogP contribution is 2.27. The van der Waals surface area contributed by atoms with Gasteiger partial charge in [0, 0.05) is 11.6 Å². The van der Waals surface area contributed by atoms with Crippen molar-refractivity contribution in [1.82, 2.24) is 4.72 Å². The standard InChI is InChI=1S/C19H24N2O5S/c1-5-26-17-11-10-14(12-18(17)27(23,24)21-13(2)3)19(22)20-15-8-6-7-9-16(15)25-4/h6-13,21H,5H2,1-4H3,(H,20,22). The van der Waals surface area contributed by atoms with Gasteiger partial charge in [0.05, 0.1) is 19.4 Å². The van der Waals surface area contributed by atoms with Crippen LogP contribution in [0.1, 0.15) is 31.1 Å². The summed E-state index contributed by atoms with van der Waals surface area (Å²) in [6, 6.07) is 11.0. The fourth-order valence-electron chi connectivity index (χ4n) is 2.45. The predicted molar refractivity (Wildman–Crippen MR) is 104 cm³/mol. The second-order valence-corrected chi connectivity index (χ2v) is 7.71. The average molecular weight is 392 g/mol. The van der Waals surface area contributed by atoms with Crippen LogP contribution >= 0.6 is 0 Å². The minimum atomic E-state index is -3.83. The molecule has 0 aliphatic carbocycles. The van der Waals surface area contributed by atoms with Crippen LogP contribution in [0.5, 0.6) is 11.5 Å². The molecular formula is C19H24N2O5S. The molecule has 2 N–H and O–H groups in total. The summed E-state index contributed by atoms with van der Waals surface area (Å²) in [5.74, 6) is 0.245. The van der Waals surface area contributed by atoms with E-state index in [-0.39, 0.29) is 22.3 Å². The topological polar surface area (TPSA) is 93.7 Å². The van der Waals surface area contributed by atoms with Crippen molar-refractivity contribution in [2.45, 2.75) is 31.7 Å². The highest BCUT2D eigenvalue weighted by molar-refractivity contribution is 7.89. The first-order chi connectivity index (χ1) is 12.8. The van der Waals surface area contributed by atoms with E-state index in [1.54, 1.807) is 45.0 Å². The molecule has 2 rings (SSSR count). The van der Waals surface area contributed by atoms with Gasteiger partial charge >= 0.3 is 0 Å². The number of rotatable bonds is 8. The molecule has 0 saturated heterocycles. The molecule has 0 aliphatic heterocycles. The van der Waals surface area contributed by atoms with Crippen LogP contribution in [0.4, 0.5) is 5.69 Å². The van der Waals surface area contributed by atoms with Crippen molar-refractivity contribution in [3.8, 4) is 11.5 Å². The fourth-order valence-corrected chi connectivity index (χ4v) is 3.87. The van der Waals surface area contributed by atoms with E-state index in [0.717, 1.165) is 0 Å². The van der Waals surface area contributed by atoms with Gasteiger partial charge in [-0.2, -0.15) is 0 Å². The van der Waals surface area contributed by atoms with Crippen molar-refractivity contribution < 1.29 is 22.7 Å². The van der Waals surface area contributed by atoms with Crippen molar-refractivity contribution in [2.24, 2.45) is 0 Å². The lowest BCUT2D eigenvalue weighted by Crippen LogP contribution is -2.30. The Morgan fingerprint density at radius 2 is 1.81 bits per heavy atom. The largest absolute Gasteiger partial charge is 0.495 e. The number of anilines is 1. The lowest BCUT2D eigenvalue weighted by Gasteiger charge is -2.15. The van der Waals surface area contributed by atoms with Crippen molar-refractivity contribution in [2.75, 3.05) is 19.0 Å². The van der Waals surface area contributed by atoms with Crippen molar-refractivity contribution >= 4 is 21.6 Å². The highest BCUT2D eigenvalue weighted by Gasteiger charge is 2.23. The van der Waals surface area contributed by atoms with Gasteiger partial charge in [0.25, 0.3) is 5.91 Å². The summed E-state index contributed by atoms with van der Waals surface area (Å²) in [5.41, 5.74) is 0.678. The number of nitrogens with one attached hydrogen (secondary N) is 2. The second-order valence-electron chi connectivity index (χ2n) is 6.02. The first-order valence-corrected chi connectivity index (χ1v) is 10.00. The zero-order chi connectivity index (χ0) is 20.0. The van der Waals surface area contributed by atoms with Gasteiger partial charge in [0.2, 0.25) is 10.0 Å². The predicted octanol–water partition coefficient (Wildman–Crippen LogP) is 3.03. The molecule has 0 unspecified atom stereocenters. The Hall–Kier alpha value is -2.58. The van der Waals surface area contributed by atoms with E-state index < -0.39 is 15.9 Å². The number of methoxy groups -OCH3 is 1. The molecule has 0 aromatic heterocycles. The molecule has 8 heteroatoms. The van der Waals surface area contributed by atoms with Crippen LogP contribution in [0.2, 0.25) is 0 Å². The number of hydrogen-bond acceptors (Lipinski definition) is 5. The number of para-hydroxylation sites is 2. The number of amides is 1. The maximum atomic E-state index is 12.6. The van der Waals surface area contributed by atoms with Crippen LogP contribution in [-0.2, 0) is 10.0 Å². The normalized spacial score (nSPS) is 11.3. The van der Waals surface area contributed by atoms with Gasteiger partial charge in [-0.05, 0) is 51.1 Å². The van der Waals surface area contributed by atoms with Crippen LogP contribution in [-0.4, -0.2) is 34.1 Å². The summed E-state index contributed by atoms with van der Waals surface area (Å²) in [5, 5.41) is 2.73. The molecule has 2 aromatic rings. The number of sulfonamides is 1. The summed E-state index contributed by atoms with van der Waals surface area (Å²) in [6.07, 6.45) is 0. The van der Waals surface area contributed by atoms with Gasteiger partial charge in [0.15, 0.2) is 0 Å². The van der Waals surface area contributed by atoms with E-state index in [2.05, 4.69) is 10.0 Å². The average Bonchev–Trinajstić information content (AvgIpc) is 2.61. The first-order valence-electron chi connectivity index (χ1n) is 8.52. The van der Waals surface area contributed by atoms with Gasteiger partial charge < -0.3 is 14.8 Å². The van der Waals surface area contributed by atoms with Gasteiger partial charge in [0.1, 0.15) is 16.4 Å². The summed E-state index contributed by atoms with van der Waals surface area (Å²) in [6.45, 7) is 5.50. The summed E-state index contributed by atoms with van der Waals surface area (Å²) in [7, 11) is -2.33. The number of carbonyl (C=O) groups is 1. The second kappa shape index (κ2) is 8.88. The van der Waals surface area contributed by atoms with Gasteiger partial charge in [-0.1, -0.05) is 12.1 Å². The fraction of sp³-hybridized carbons (Fsp3) is 0.316. The zero-order valence-corrected chi connectivity index (χ0v) is 16.6. The molecule has 27 heavy (non-hydrogen) atoms. The molecule has 1 amide bonds. The van der Waals surface area contributed by atoms with Gasteiger partial charge in [-0.15, -0.1) is 0 Å². The quantitative estimate of drug-likeness (QED) is 0.720. The molecule has 0 fully saturated rings. The van der Waals surface area contributed by atoms with Crippen molar-refractivity contribution in [3.63, 3.8) is 0 Å². The Bertz CT molecular complexity index is 910. The Balaban J connectivity index is 2.40. The molecule has 7 nitrogen and oxygen atoms in total. The van der Waals surface area contributed by atoms with Crippen molar-refractivity contribution in [1.29, 1.82) is 0 Å². The Kier molecular flexibility index (Phi) is 6.81. The molecular weight excluding hydrogens is 368 g/mol. The lowest BCUT2D eigenvalue weighted by atomic mass is 10.2. The van der Waals surface area contributed by atoms with Crippen LogP contribution in [0.25, 0.3) is 0 Å². The van der Waals surface area contributed by atoms with E-state index in [9.17, 15) is 13.2 Å². The minimum Gasteiger partial charge on any atom is -0.495 e. The lowest BCUT2D eigenvalue weighted by molar-refractivity contribution is 0.102. The zero-order valence-electron chi connectivity index (χ0n) is 15.8. The Morgan fingerprint density at radius 1 is 1.11 bits per heavy atom. The molecule has 0 heterocycles. The Labute approximate surface area is 159 Å². The molecule has 0 spiro atoms. The van der Waals surface area contributed by atoms with E-state index in [4.69, 9.17) is 9.47 Å². The Morgan fingerprint density at radius 3 is 2.44 bits per heavy atom. The number of carbonyl (C=O) groups excluding carboxylic acids is 1. The molecule has 0 atom stereocenters. The molecule has 0 bridgehead atoms. The smallest absolute Gasteiger partial charge is 0.255 e. The van der Waals surface area contributed by atoms with Crippen LogP contribution in [0, 0.1) is 0 Å².